The molecule has 0 bridgehead atoms. The number of amides is 1. The van der Waals surface area contributed by atoms with E-state index in [-0.39, 0.29) is 29.0 Å². The highest BCUT2D eigenvalue weighted by molar-refractivity contribution is 5.80. The second-order valence-corrected chi connectivity index (χ2v) is 10.7. The molecule has 2 aromatic heterocycles. The first-order valence-electron chi connectivity index (χ1n) is 13.9. The molecular weight excluding hydrogens is 562 g/mol. The number of rotatable bonds is 7. The van der Waals surface area contributed by atoms with Crippen LogP contribution in [0, 0.1) is 23.1 Å². The zero-order valence-corrected chi connectivity index (χ0v) is 23.4. The molecule has 11 heteroatoms. The molecule has 0 unspecified atom stereocenters. The van der Waals surface area contributed by atoms with E-state index in [4.69, 9.17) is 4.98 Å². The van der Waals surface area contributed by atoms with Crippen LogP contribution in [0.4, 0.5) is 17.6 Å². The fraction of sp³-hybridized carbons (Fsp3) is 0.312. The summed E-state index contributed by atoms with van der Waals surface area (Å²) in [5.41, 5.74) is 0.302. The highest BCUT2D eigenvalue weighted by Gasteiger charge is 2.35. The molecular formula is C32H29F4N5O2. The van der Waals surface area contributed by atoms with Crippen LogP contribution in [0.25, 0.3) is 16.8 Å². The molecule has 1 N–H and O–H groups in total. The van der Waals surface area contributed by atoms with Crippen LogP contribution < -0.4 is 10.9 Å². The molecule has 1 aliphatic heterocycles. The van der Waals surface area contributed by atoms with Gasteiger partial charge in [-0.2, -0.15) is 18.4 Å². The van der Waals surface area contributed by atoms with Crippen LogP contribution in [0.3, 0.4) is 0 Å². The summed E-state index contributed by atoms with van der Waals surface area (Å²) in [5.74, 6) is -1.73. The number of carbonyl (C=O) groups is 1. The Hall–Kier alpha value is -4.56. The van der Waals surface area contributed by atoms with E-state index in [1.54, 1.807) is 60.5 Å². The number of halogens is 4. The van der Waals surface area contributed by atoms with E-state index >= 15 is 0 Å². The summed E-state index contributed by atoms with van der Waals surface area (Å²) in [6, 6.07) is 15.5. The van der Waals surface area contributed by atoms with Gasteiger partial charge in [-0.3, -0.25) is 14.0 Å². The second kappa shape index (κ2) is 12.4. The molecule has 5 rings (SSSR count). The lowest BCUT2D eigenvalue weighted by molar-refractivity contribution is -0.140. The van der Waals surface area contributed by atoms with E-state index in [9.17, 15) is 32.4 Å². The summed E-state index contributed by atoms with van der Waals surface area (Å²) in [6.45, 7) is 3.64. The van der Waals surface area contributed by atoms with Crippen LogP contribution in [-0.2, 0) is 17.4 Å². The van der Waals surface area contributed by atoms with Gasteiger partial charge in [0, 0.05) is 12.7 Å². The quantitative estimate of drug-likeness (QED) is 0.286. The molecule has 1 amide bonds. The number of fused-ring (bicyclic) bond motifs is 1. The minimum atomic E-state index is -4.85. The van der Waals surface area contributed by atoms with Gasteiger partial charge in [0.2, 0.25) is 5.91 Å². The zero-order valence-electron chi connectivity index (χ0n) is 23.4. The van der Waals surface area contributed by atoms with Gasteiger partial charge in [-0.05, 0) is 86.3 Å². The van der Waals surface area contributed by atoms with Crippen LogP contribution in [0.15, 0.2) is 71.7 Å². The minimum Gasteiger partial charge on any atom is -0.334 e. The number of benzene rings is 2. The fourth-order valence-corrected chi connectivity index (χ4v) is 5.53. The number of piperidine rings is 1. The maximum Gasteiger partial charge on any atom is 0.419 e. The number of nitrogens with zero attached hydrogens (tertiary/aromatic N) is 4. The van der Waals surface area contributed by atoms with Gasteiger partial charge in [-0.15, -0.1) is 0 Å². The number of hydrogen-bond donors (Lipinski definition) is 1. The van der Waals surface area contributed by atoms with Crippen molar-refractivity contribution >= 4 is 11.6 Å². The van der Waals surface area contributed by atoms with E-state index in [0.29, 0.717) is 35.1 Å². The first kappa shape index (κ1) is 29.9. The van der Waals surface area contributed by atoms with Crippen molar-refractivity contribution < 1.29 is 22.4 Å². The van der Waals surface area contributed by atoms with Crippen molar-refractivity contribution in [2.45, 2.75) is 38.4 Å². The second-order valence-electron chi connectivity index (χ2n) is 10.7. The van der Waals surface area contributed by atoms with Crippen molar-refractivity contribution in [2.75, 3.05) is 19.6 Å². The van der Waals surface area contributed by atoms with Gasteiger partial charge in [-0.25, -0.2) is 9.37 Å². The van der Waals surface area contributed by atoms with Crippen LogP contribution in [-0.4, -0.2) is 39.8 Å². The van der Waals surface area contributed by atoms with E-state index < -0.39 is 29.5 Å². The number of pyridine rings is 1. The molecule has 7 nitrogen and oxygen atoms in total. The first-order valence-corrected chi connectivity index (χ1v) is 13.9. The number of alkyl halides is 3. The molecule has 0 spiro atoms. The monoisotopic (exact) mass is 591 g/mol. The highest BCUT2D eigenvalue weighted by atomic mass is 19.4. The van der Waals surface area contributed by atoms with Gasteiger partial charge < -0.3 is 10.2 Å². The van der Waals surface area contributed by atoms with Crippen LogP contribution in [0.5, 0.6) is 0 Å². The fourth-order valence-electron chi connectivity index (χ4n) is 5.53. The van der Waals surface area contributed by atoms with Gasteiger partial charge in [0.25, 0.3) is 5.56 Å². The normalized spacial score (nSPS) is 14.8. The number of hydrogen-bond acceptors (Lipinski definition) is 5. The Bertz CT molecular complexity index is 1740. The molecule has 43 heavy (non-hydrogen) atoms. The third-order valence-electron chi connectivity index (χ3n) is 7.86. The molecule has 1 fully saturated rings. The Labute approximate surface area is 245 Å². The first-order chi connectivity index (χ1) is 20.6. The topological polar surface area (TPSA) is 90.5 Å². The van der Waals surface area contributed by atoms with Gasteiger partial charge in [0.1, 0.15) is 11.5 Å². The number of nitrogens with one attached hydrogen (secondary N) is 1. The average Bonchev–Trinajstić information content (AvgIpc) is 2.99. The average molecular weight is 592 g/mol. The molecule has 1 atom stereocenters. The van der Waals surface area contributed by atoms with Crippen molar-refractivity contribution in [3.63, 3.8) is 0 Å². The lowest BCUT2D eigenvalue weighted by atomic mass is 9.94. The van der Waals surface area contributed by atoms with Crippen molar-refractivity contribution in [1.82, 2.24) is 19.6 Å². The molecule has 0 saturated carbocycles. The number of carbonyl (C=O) groups excluding carboxylic acids is 1. The Kier molecular flexibility index (Phi) is 8.59. The summed E-state index contributed by atoms with van der Waals surface area (Å²) in [6.07, 6.45) is -1.96. The molecule has 0 radical (unpaired) electrons. The van der Waals surface area contributed by atoms with E-state index in [2.05, 4.69) is 11.4 Å². The Morgan fingerprint density at radius 1 is 1.14 bits per heavy atom. The van der Waals surface area contributed by atoms with Crippen molar-refractivity contribution in [3.8, 4) is 17.2 Å². The van der Waals surface area contributed by atoms with Gasteiger partial charge >= 0.3 is 6.18 Å². The number of nitriles is 1. The highest BCUT2D eigenvalue weighted by Crippen LogP contribution is 2.33. The maximum atomic E-state index is 14.4. The minimum absolute atomic E-state index is 0.108. The molecule has 4 aromatic rings. The summed E-state index contributed by atoms with van der Waals surface area (Å²) in [7, 11) is 0. The van der Waals surface area contributed by atoms with E-state index in [1.165, 1.54) is 4.40 Å². The largest absolute Gasteiger partial charge is 0.419 e. The van der Waals surface area contributed by atoms with Crippen LogP contribution in [0.1, 0.15) is 48.2 Å². The Morgan fingerprint density at radius 3 is 2.51 bits per heavy atom. The maximum absolute atomic E-state index is 14.4. The molecule has 0 aliphatic carbocycles. The van der Waals surface area contributed by atoms with E-state index in [0.717, 1.165) is 38.1 Å². The summed E-state index contributed by atoms with van der Waals surface area (Å²) < 4.78 is 55.1. The third kappa shape index (κ3) is 6.44. The zero-order chi connectivity index (χ0) is 30.7. The smallest absolute Gasteiger partial charge is 0.334 e. The van der Waals surface area contributed by atoms with Crippen molar-refractivity contribution in [2.24, 2.45) is 5.92 Å². The predicted molar refractivity (Wildman–Crippen MR) is 152 cm³/mol. The molecule has 222 valence electrons. The van der Waals surface area contributed by atoms with Crippen LogP contribution >= 0.6 is 0 Å². The Morgan fingerprint density at radius 2 is 1.86 bits per heavy atom. The number of aromatic nitrogens is 2. The van der Waals surface area contributed by atoms with Crippen LogP contribution in [0.2, 0.25) is 0 Å². The predicted octanol–water partition coefficient (Wildman–Crippen LogP) is 5.52. The molecule has 3 heterocycles. The van der Waals surface area contributed by atoms with Gasteiger partial charge in [0.05, 0.1) is 40.9 Å². The summed E-state index contributed by atoms with van der Waals surface area (Å²) >= 11 is 0. The molecule has 1 saturated heterocycles. The van der Waals surface area contributed by atoms with Gasteiger partial charge in [0.15, 0.2) is 0 Å². The van der Waals surface area contributed by atoms with E-state index in [1.807, 2.05) is 0 Å². The lowest BCUT2D eigenvalue weighted by Crippen LogP contribution is -2.42. The standard InChI is InChI=1S/C32H29F4N5O2/c1-20(30-29(24-8-5-21(18-37)6-9-24)31(43)40-15-3-2-4-27(40)39-30)41(19-22-11-13-38-14-12-22)28(42)17-23-7-10-25(26(33)16-23)32(34,35)36/h2-10,15-16,20,22,38H,11-14,17,19H2,1H3/t20-/m1/s1. The SMILES string of the molecule is C[C@H](c1nc2ccccn2c(=O)c1-c1ccc(C#N)cc1)N(CC1CCNCC1)C(=O)Cc1ccc(C(F)(F)F)c(F)c1. The van der Waals surface area contributed by atoms with Crippen molar-refractivity contribution in [1.29, 1.82) is 5.26 Å². The van der Waals surface area contributed by atoms with Crippen molar-refractivity contribution in [3.05, 3.63) is 105 Å². The lowest BCUT2D eigenvalue weighted by Gasteiger charge is -2.35. The summed E-state index contributed by atoms with van der Waals surface area (Å²) in [5, 5.41) is 12.6. The van der Waals surface area contributed by atoms with Gasteiger partial charge in [-0.1, -0.05) is 24.3 Å². The molecule has 1 aliphatic rings. The molecule has 2 aromatic carbocycles. The third-order valence-corrected chi connectivity index (χ3v) is 7.86. The Balaban J connectivity index is 1.58. The summed E-state index contributed by atoms with van der Waals surface area (Å²) in [4.78, 5) is 34.2.